The van der Waals surface area contributed by atoms with Gasteiger partial charge in [0.25, 0.3) is 0 Å². The SMILES string of the molecule is CC(C1CC(=O)OC1=O)N(C)C(=O)OC(C)(C)C. The van der Waals surface area contributed by atoms with Gasteiger partial charge in [0.1, 0.15) is 5.60 Å². The summed E-state index contributed by atoms with van der Waals surface area (Å²) >= 11 is 0. The van der Waals surface area contributed by atoms with Crippen molar-refractivity contribution in [1.29, 1.82) is 0 Å². The predicted molar refractivity (Wildman–Crippen MR) is 62.7 cm³/mol. The number of hydrogen-bond donors (Lipinski definition) is 0. The van der Waals surface area contributed by atoms with Crippen molar-refractivity contribution in [2.24, 2.45) is 5.92 Å². The third-order valence-corrected chi connectivity index (χ3v) is 2.78. The average Bonchev–Trinajstić information content (AvgIpc) is 2.53. The Bertz CT molecular complexity index is 371. The lowest BCUT2D eigenvalue weighted by molar-refractivity contribution is -0.153. The monoisotopic (exact) mass is 257 g/mol. The zero-order chi connectivity index (χ0) is 14.1. The van der Waals surface area contributed by atoms with Crippen LogP contribution in [0.25, 0.3) is 0 Å². The van der Waals surface area contributed by atoms with Gasteiger partial charge in [-0.15, -0.1) is 0 Å². The van der Waals surface area contributed by atoms with Gasteiger partial charge in [-0.3, -0.25) is 9.59 Å². The van der Waals surface area contributed by atoms with E-state index in [-0.39, 0.29) is 6.42 Å². The first kappa shape index (κ1) is 14.5. The summed E-state index contributed by atoms with van der Waals surface area (Å²) in [4.78, 5) is 35.6. The van der Waals surface area contributed by atoms with Crippen molar-refractivity contribution in [1.82, 2.24) is 4.90 Å². The summed E-state index contributed by atoms with van der Waals surface area (Å²) in [6.07, 6.45) is -0.519. The van der Waals surface area contributed by atoms with Crippen molar-refractivity contribution >= 4 is 18.0 Å². The van der Waals surface area contributed by atoms with Crippen LogP contribution >= 0.6 is 0 Å². The molecule has 1 aliphatic rings. The van der Waals surface area contributed by atoms with Gasteiger partial charge in [-0.2, -0.15) is 0 Å². The first-order chi connectivity index (χ1) is 8.11. The molecule has 1 amide bonds. The van der Waals surface area contributed by atoms with Crippen molar-refractivity contribution in [3.05, 3.63) is 0 Å². The number of rotatable bonds is 2. The number of hydrogen-bond acceptors (Lipinski definition) is 5. The van der Waals surface area contributed by atoms with E-state index in [4.69, 9.17) is 4.74 Å². The fourth-order valence-corrected chi connectivity index (χ4v) is 1.63. The van der Waals surface area contributed by atoms with E-state index < -0.39 is 35.6 Å². The second-order valence-corrected chi connectivity index (χ2v) is 5.44. The van der Waals surface area contributed by atoms with Gasteiger partial charge in [-0.05, 0) is 27.7 Å². The Balaban J connectivity index is 2.66. The van der Waals surface area contributed by atoms with Crippen LogP contribution in [0.2, 0.25) is 0 Å². The molecule has 6 heteroatoms. The van der Waals surface area contributed by atoms with Gasteiger partial charge in [0.05, 0.1) is 12.3 Å². The highest BCUT2D eigenvalue weighted by atomic mass is 16.6. The van der Waals surface area contributed by atoms with Gasteiger partial charge in [0.2, 0.25) is 0 Å². The molecule has 1 aliphatic heterocycles. The summed E-state index contributed by atoms with van der Waals surface area (Å²) in [6.45, 7) is 6.97. The fraction of sp³-hybridized carbons (Fsp3) is 0.750. The van der Waals surface area contributed by atoms with Gasteiger partial charge in [-0.1, -0.05) is 0 Å². The largest absolute Gasteiger partial charge is 0.444 e. The van der Waals surface area contributed by atoms with Crippen LogP contribution in [0.1, 0.15) is 34.1 Å². The summed E-state index contributed by atoms with van der Waals surface area (Å²) in [5, 5.41) is 0. The van der Waals surface area contributed by atoms with Gasteiger partial charge in [0, 0.05) is 13.1 Å². The molecule has 0 aromatic rings. The van der Waals surface area contributed by atoms with Crippen molar-refractivity contribution in [2.45, 2.75) is 45.8 Å². The lowest BCUT2D eigenvalue weighted by atomic mass is 9.99. The zero-order valence-corrected chi connectivity index (χ0v) is 11.4. The molecule has 1 heterocycles. The summed E-state index contributed by atoms with van der Waals surface area (Å²) in [6, 6.07) is -0.446. The smallest absolute Gasteiger partial charge is 0.410 e. The van der Waals surface area contributed by atoms with E-state index >= 15 is 0 Å². The lowest BCUT2D eigenvalue weighted by Crippen LogP contribution is -2.44. The van der Waals surface area contributed by atoms with E-state index in [0.29, 0.717) is 0 Å². The second-order valence-electron chi connectivity index (χ2n) is 5.44. The number of amides is 1. The molecule has 0 radical (unpaired) electrons. The molecular formula is C12H19NO5. The van der Waals surface area contributed by atoms with Crippen LogP contribution in [0.15, 0.2) is 0 Å². The Hall–Kier alpha value is -1.59. The normalized spacial score (nSPS) is 21.5. The van der Waals surface area contributed by atoms with E-state index in [0.717, 1.165) is 0 Å². The van der Waals surface area contributed by atoms with Crippen molar-refractivity contribution in [2.75, 3.05) is 7.05 Å². The van der Waals surface area contributed by atoms with Gasteiger partial charge >= 0.3 is 18.0 Å². The molecule has 0 aromatic carbocycles. The molecule has 2 atom stereocenters. The van der Waals surface area contributed by atoms with E-state index in [9.17, 15) is 14.4 Å². The van der Waals surface area contributed by atoms with Crippen molar-refractivity contribution < 1.29 is 23.9 Å². The maximum atomic E-state index is 11.8. The highest BCUT2D eigenvalue weighted by molar-refractivity contribution is 5.95. The van der Waals surface area contributed by atoms with E-state index in [1.54, 1.807) is 27.7 Å². The van der Waals surface area contributed by atoms with Crippen LogP contribution in [0.4, 0.5) is 4.79 Å². The zero-order valence-electron chi connectivity index (χ0n) is 11.4. The Morgan fingerprint density at radius 3 is 2.39 bits per heavy atom. The number of nitrogens with zero attached hydrogens (tertiary/aromatic N) is 1. The lowest BCUT2D eigenvalue weighted by Gasteiger charge is -2.30. The molecule has 0 bridgehead atoms. The van der Waals surface area contributed by atoms with E-state index in [2.05, 4.69) is 4.74 Å². The molecule has 102 valence electrons. The first-order valence-corrected chi connectivity index (χ1v) is 5.82. The summed E-state index contributed by atoms with van der Waals surface area (Å²) in [5.41, 5.74) is -0.600. The standard InChI is InChI=1S/C12H19NO5/c1-7(8-6-9(14)17-10(8)15)13(5)11(16)18-12(2,3)4/h7-8H,6H2,1-5H3. The molecule has 0 spiro atoms. The van der Waals surface area contributed by atoms with Gasteiger partial charge < -0.3 is 14.4 Å². The van der Waals surface area contributed by atoms with Crippen LogP contribution in [-0.2, 0) is 19.1 Å². The van der Waals surface area contributed by atoms with Crippen LogP contribution in [0.5, 0.6) is 0 Å². The number of esters is 2. The van der Waals surface area contributed by atoms with Crippen LogP contribution in [0.3, 0.4) is 0 Å². The Labute approximate surface area is 106 Å². The molecule has 1 fully saturated rings. The summed E-state index contributed by atoms with van der Waals surface area (Å²) in [7, 11) is 1.54. The molecule has 0 saturated carbocycles. The topological polar surface area (TPSA) is 72.9 Å². The summed E-state index contributed by atoms with van der Waals surface area (Å²) < 4.78 is 9.66. The van der Waals surface area contributed by atoms with Crippen molar-refractivity contribution in [3.63, 3.8) is 0 Å². The molecule has 1 rings (SSSR count). The van der Waals surface area contributed by atoms with E-state index in [1.165, 1.54) is 11.9 Å². The highest BCUT2D eigenvalue weighted by Gasteiger charge is 2.40. The minimum atomic E-state index is -0.616. The maximum Gasteiger partial charge on any atom is 0.410 e. The predicted octanol–water partition coefficient (Wildman–Crippen LogP) is 1.33. The second kappa shape index (κ2) is 4.96. The molecule has 0 aliphatic carbocycles. The first-order valence-electron chi connectivity index (χ1n) is 5.82. The molecule has 2 unspecified atom stereocenters. The van der Waals surface area contributed by atoms with Gasteiger partial charge in [0.15, 0.2) is 0 Å². The van der Waals surface area contributed by atoms with Gasteiger partial charge in [-0.25, -0.2) is 4.79 Å². The van der Waals surface area contributed by atoms with E-state index in [1.807, 2.05) is 0 Å². The molecule has 1 saturated heterocycles. The molecule has 6 nitrogen and oxygen atoms in total. The Morgan fingerprint density at radius 1 is 1.44 bits per heavy atom. The maximum absolute atomic E-state index is 11.8. The number of ether oxygens (including phenoxy) is 2. The fourth-order valence-electron chi connectivity index (χ4n) is 1.63. The average molecular weight is 257 g/mol. The van der Waals surface area contributed by atoms with Crippen LogP contribution in [0, 0.1) is 5.92 Å². The molecule has 18 heavy (non-hydrogen) atoms. The quantitative estimate of drug-likeness (QED) is 0.551. The Morgan fingerprint density at radius 2 is 2.00 bits per heavy atom. The third kappa shape index (κ3) is 3.45. The number of cyclic esters (lactones) is 2. The number of carbonyl (C=O) groups excluding carboxylic acids is 3. The minimum Gasteiger partial charge on any atom is -0.444 e. The molecular weight excluding hydrogens is 238 g/mol. The minimum absolute atomic E-state index is 0.00708. The Kier molecular flexibility index (Phi) is 3.98. The molecule has 0 aromatic heterocycles. The van der Waals surface area contributed by atoms with Crippen LogP contribution in [-0.4, -0.2) is 41.6 Å². The summed E-state index contributed by atoms with van der Waals surface area (Å²) in [5.74, 6) is -1.74. The van der Waals surface area contributed by atoms with Crippen molar-refractivity contribution in [3.8, 4) is 0 Å². The molecule has 0 N–H and O–H groups in total. The third-order valence-electron chi connectivity index (χ3n) is 2.78. The number of carbonyl (C=O) groups is 3. The van der Waals surface area contributed by atoms with Crippen LogP contribution < -0.4 is 0 Å². The highest BCUT2D eigenvalue weighted by Crippen LogP contribution is 2.23.